The zero-order chi connectivity index (χ0) is 8.81. The molecule has 0 aromatic heterocycles. The van der Waals surface area contributed by atoms with E-state index in [9.17, 15) is 0 Å². The van der Waals surface area contributed by atoms with Gasteiger partial charge in [-0.2, -0.15) is 0 Å². The van der Waals surface area contributed by atoms with Gasteiger partial charge in [-0.3, -0.25) is 0 Å². The zero-order valence-corrected chi connectivity index (χ0v) is 7.29. The van der Waals surface area contributed by atoms with Crippen LogP contribution in [0.15, 0.2) is 43.5 Å². The lowest BCUT2D eigenvalue weighted by Crippen LogP contribution is -1.82. The lowest BCUT2D eigenvalue weighted by atomic mass is 10.1. The SMILES string of the molecule is C=CCCc1ccc(C=C)cc1. The molecular weight excluding hydrogens is 144 g/mol. The minimum absolute atomic E-state index is 1.05. The van der Waals surface area contributed by atoms with E-state index >= 15 is 0 Å². The average Bonchev–Trinajstić information content (AvgIpc) is 2.15. The molecule has 0 saturated carbocycles. The van der Waals surface area contributed by atoms with Gasteiger partial charge in [0.05, 0.1) is 0 Å². The van der Waals surface area contributed by atoms with Gasteiger partial charge >= 0.3 is 0 Å². The molecule has 0 saturated heterocycles. The lowest BCUT2D eigenvalue weighted by Gasteiger charge is -1.98. The van der Waals surface area contributed by atoms with Gasteiger partial charge < -0.3 is 0 Å². The molecule has 0 aliphatic heterocycles. The first-order chi connectivity index (χ1) is 5.86. The van der Waals surface area contributed by atoms with Crippen molar-refractivity contribution >= 4 is 6.08 Å². The van der Waals surface area contributed by atoms with E-state index in [1.54, 1.807) is 0 Å². The van der Waals surface area contributed by atoms with Gasteiger partial charge in [0.15, 0.2) is 0 Å². The van der Waals surface area contributed by atoms with Crippen LogP contribution < -0.4 is 0 Å². The number of benzene rings is 1. The second-order valence-electron chi connectivity index (χ2n) is 2.77. The van der Waals surface area contributed by atoms with E-state index in [0.717, 1.165) is 12.8 Å². The summed E-state index contributed by atoms with van der Waals surface area (Å²) in [7, 11) is 0. The first-order valence-electron chi connectivity index (χ1n) is 4.19. The smallest absolute Gasteiger partial charge is 0.0244 e. The normalized spacial score (nSPS) is 9.33. The summed E-state index contributed by atoms with van der Waals surface area (Å²) in [5, 5.41) is 0. The van der Waals surface area contributed by atoms with Gasteiger partial charge in [-0.1, -0.05) is 43.0 Å². The number of allylic oxidation sites excluding steroid dienone is 1. The van der Waals surface area contributed by atoms with E-state index in [1.165, 1.54) is 11.1 Å². The third-order valence-electron chi connectivity index (χ3n) is 1.85. The molecule has 0 nitrogen and oxygen atoms in total. The Morgan fingerprint density at radius 1 is 1.08 bits per heavy atom. The van der Waals surface area contributed by atoms with Crippen molar-refractivity contribution in [1.82, 2.24) is 0 Å². The molecule has 0 heterocycles. The van der Waals surface area contributed by atoms with E-state index in [2.05, 4.69) is 37.4 Å². The Kier molecular flexibility index (Phi) is 3.34. The van der Waals surface area contributed by atoms with Gasteiger partial charge in [0.2, 0.25) is 0 Å². The van der Waals surface area contributed by atoms with Gasteiger partial charge in [0.1, 0.15) is 0 Å². The van der Waals surface area contributed by atoms with Crippen LogP contribution in [0.2, 0.25) is 0 Å². The number of aryl methyl sites for hydroxylation is 1. The molecule has 0 unspecified atom stereocenters. The molecule has 0 aliphatic carbocycles. The fourth-order valence-electron chi connectivity index (χ4n) is 1.09. The molecule has 1 rings (SSSR count). The molecule has 0 fully saturated rings. The highest BCUT2D eigenvalue weighted by Gasteiger charge is 1.90. The first-order valence-corrected chi connectivity index (χ1v) is 4.19. The maximum atomic E-state index is 3.71. The Bertz CT molecular complexity index is 254. The summed E-state index contributed by atoms with van der Waals surface area (Å²) in [4.78, 5) is 0. The zero-order valence-electron chi connectivity index (χ0n) is 7.29. The fraction of sp³-hybridized carbons (Fsp3) is 0.167. The van der Waals surface area contributed by atoms with Crippen molar-refractivity contribution in [2.45, 2.75) is 12.8 Å². The van der Waals surface area contributed by atoms with Crippen molar-refractivity contribution in [3.8, 4) is 0 Å². The molecule has 0 atom stereocenters. The monoisotopic (exact) mass is 158 g/mol. The number of rotatable bonds is 4. The second kappa shape index (κ2) is 4.55. The third-order valence-corrected chi connectivity index (χ3v) is 1.85. The Balaban J connectivity index is 2.64. The predicted molar refractivity (Wildman–Crippen MR) is 55.1 cm³/mol. The third kappa shape index (κ3) is 2.39. The molecule has 0 bridgehead atoms. The summed E-state index contributed by atoms with van der Waals surface area (Å²) in [6.07, 6.45) is 5.94. The Hall–Kier alpha value is -1.30. The highest BCUT2D eigenvalue weighted by Crippen LogP contribution is 2.07. The molecule has 0 amide bonds. The minimum Gasteiger partial charge on any atom is -0.103 e. The Morgan fingerprint density at radius 3 is 2.25 bits per heavy atom. The van der Waals surface area contributed by atoms with Gasteiger partial charge in [0, 0.05) is 0 Å². The topological polar surface area (TPSA) is 0 Å². The largest absolute Gasteiger partial charge is 0.103 e. The minimum atomic E-state index is 1.05. The van der Waals surface area contributed by atoms with Gasteiger partial charge in [0.25, 0.3) is 0 Å². The molecule has 62 valence electrons. The molecule has 0 heteroatoms. The fourth-order valence-corrected chi connectivity index (χ4v) is 1.09. The summed E-state index contributed by atoms with van der Waals surface area (Å²) < 4.78 is 0. The molecule has 1 aromatic carbocycles. The predicted octanol–water partition coefficient (Wildman–Crippen LogP) is 3.45. The Labute approximate surface area is 74.2 Å². The van der Waals surface area contributed by atoms with E-state index in [-0.39, 0.29) is 0 Å². The molecule has 0 spiro atoms. The van der Waals surface area contributed by atoms with Crippen molar-refractivity contribution in [1.29, 1.82) is 0 Å². The summed E-state index contributed by atoms with van der Waals surface area (Å²) in [5.41, 5.74) is 2.54. The van der Waals surface area contributed by atoms with Crippen LogP contribution in [0, 0.1) is 0 Å². The van der Waals surface area contributed by atoms with Crippen LogP contribution in [-0.4, -0.2) is 0 Å². The summed E-state index contributed by atoms with van der Waals surface area (Å²) in [6.45, 7) is 7.40. The molecule has 1 aromatic rings. The quantitative estimate of drug-likeness (QED) is 0.589. The standard InChI is InChI=1S/C12H14/c1-3-5-6-12-9-7-11(4-2)8-10-12/h3-4,7-10H,1-2,5-6H2. The number of hydrogen-bond donors (Lipinski definition) is 0. The van der Waals surface area contributed by atoms with E-state index in [0.29, 0.717) is 0 Å². The average molecular weight is 158 g/mol. The van der Waals surface area contributed by atoms with Gasteiger partial charge in [-0.15, -0.1) is 6.58 Å². The maximum absolute atomic E-state index is 3.71. The Morgan fingerprint density at radius 2 is 1.75 bits per heavy atom. The maximum Gasteiger partial charge on any atom is -0.0244 e. The van der Waals surface area contributed by atoms with Gasteiger partial charge in [-0.25, -0.2) is 0 Å². The summed E-state index contributed by atoms with van der Waals surface area (Å²) >= 11 is 0. The molecule has 0 aliphatic rings. The van der Waals surface area contributed by atoms with Crippen molar-refractivity contribution in [3.05, 3.63) is 54.6 Å². The van der Waals surface area contributed by atoms with Crippen molar-refractivity contribution < 1.29 is 0 Å². The molecule has 0 N–H and O–H groups in total. The van der Waals surface area contributed by atoms with E-state index in [1.807, 2.05) is 12.2 Å². The van der Waals surface area contributed by atoms with Crippen molar-refractivity contribution in [2.24, 2.45) is 0 Å². The first kappa shape index (κ1) is 8.79. The second-order valence-corrected chi connectivity index (χ2v) is 2.77. The van der Waals surface area contributed by atoms with Crippen molar-refractivity contribution in [3.63, 3.8) is 0 Å². The summed E-state index contributed by atoms with van der Waals surface area (Å²) in [6, 6.07) is 8.46. The van der Waals surface area contributed by atoms with Crippen LogP contribution in [0.1, 0.15) is 17.5 Å². The van der Waals surface area contributed by atoms with Crippen molar-refractivity contribution in [2.75, 3.05) is 0 Å². The van der Waals surface area contributed by atoms with Crippen LogP contribution in [0.5, 0.6) is 0 Å². The number of hydrogen-bond acceptors (Lipinski definition) is 0. The van der Waals surface area contributed by atoms with Crippen LogP contribution in [-0.2, 0) is 6.42 Å². The van der Waals surface area contributed by atoms with Crippen LogP contribution >= 0.6 is 0 Å². The highest BCUT2D eigenvalue weighted by molar-refractivity contribution is 5.47. The van der Waals surface area contributed by atoms with Crippen LogP contribution in [0.25, 0.3) is 6.08 Å². The summed E-state index contributed by atoms with van der Waals surface area (Å²) in [5.74, 6) is 0. The van der Waals surface area contributed by atoms with Gasteiger partial charge in [-0.05, 0) is 24.0 Å². The van der Waals surface area contributed by atoms with Crippen LogP contribution in [0.3, 0.4) is 0 Å². The van der Waals surface area contributed by atoms with E-state index < -0.39 is 0 Å². The highest BCUT2D eigenvalue weighted by atomic mass is 14.0. The molecular formula is C12H14. The van der Waals surface area contributed by atoms with Crippen LogP contribution in [0.4, 0.5) is 0 Å². The lowest BCUT2D eigenvalue weighted by molar-refractivity contribution is 1.00. The molecule has 0 radical (unpaired) electrons. The van der Waals surface area contributed by atoms with E-state index in [4.69, 9.17) is 0 Å². The molecule has 12 heavy (non-hydrogen) atoms.